The number of ketones is 1. The van der Waals surface area contributed by atoms with E-state index in [1.54, 1.807) is 0 Å². The second-order valence-corrected chi connectivity index (χ2v) is 4.27. The monoisotopic (exact) mass is 219 g/mol. The maximum absolute atomic E-state index is 11.8. The molecule has 0 aromatic heterocycles. The van der Waals surface area contributed by atoms with Gasteiger partial charge in [0, 0.05) is 18.9 Å². The summed E-state index contributed by atoms with van der Waals surface area (Å²) in [5.74, 6) is 0.398. The molecular weight excluding hydrogens is 198 g/mol. The van der Waals surface area contributed by atoms with Crippen LogP contribution in [0.1, 0.15) is 25.0 Å². The number of hydrogen-bond donors (Lipinski definition) is 1. The van der Waals surface area contributed by atoms with Crippen molar-refractivity contribution < 1.29 is 4.79 Å². The molecule has 0 heterocycles. The van der Waals surface area contributed by atoms with Crippen molar-refractivity contribution in [1.82, 2.24) is 5.32 Å². The van der Waals surface area contributed by atoms with Crippen molar-refractivity contribution in [3.05, 3.63) is 35.4 Å². The first-order valence-electron chi connectivity index (χ1n) is 5.92. The highest BCUT2D eigenvalue weighted by Gasteiger charge is 2.12. The van der Waals surface area contributed by atoms with Gasteiger partial charge in [-0.3, -0.25) is 4.79 Å². The molecule has 0 aliphatic heterocycles. The lowest BCUT2D eigenvalue weighted by molar-refractivity contribution is -0.121. The summed E-state index contributed by atoms with van der Waals surface area (Å²) in [5, 5.41) is 3.03. The zero-order chi connectivity index (χ0) is 12.0. The van der Waals surface area contributed by atoms with Gasteiger partial charge in [-0.05, 0) is 24.6 Å². The Morgan fingerprint density at radius 3 is 2.31 bits per heavy atom. The molecule has 1 aromatic carbocycles. The molecule has 0 saturated heterocycles. The second kappa shape index (κ2) is 6.44. The van der Waals surface area contributed by atoms with Crippen molar-refractivity contribution in [2.24, 2.45) is 5.92 Å². The number of aryl methyl sites for hydroxylation is 1. The largest absolute Gasteiger partial charge is 0.319 e. The van der Waals surface area contributed by atoms with Gasteiger partial charge < -0.3 is 5.32 Å². The zero-order valence-electron chi connectivity index (χ0n) is 10.4. The number of Topliss-reactive ketones (excluding diaryl/α,β-unsaturated/α-hetero) is 1. The Labute approximate surface area is 98.1 Å². The number of rotatable bonds is 6. The maximum Gasteiger partial charge on any atom is 0.141 e. The fourth-order valence-corrected chi connectivity index (χ4v) is 1.69. The first-order valence-corrected chi connectivity index (χ1v) is 5.92. The van der Waals surface area contributed by atoms with E-state index in [9.17, 15) is 4.79 Å². The smallest absolute Gasteiger partial charge is 0.141 e. The summed E-state index contributed by atoms with van der Waals surface area (Å²) in [6.45, 7) is 4.86. The van der Waals surface area contributed by atoms with Crippen molar-refractivity contribution >= 4 is 5.78 Å². The first kappa shape index (κ1) is 12.9. The first-order chi connectivity index (χ1) is 7.67. The van der Waals surface area contributed by atoms with Crippen LogP contribution in [0.2, 0.25) is 0 Å². The molecule has 0 saturated carbocycles. The van der Waals surface area contributed by atoms with Gasteiger partial charge >= 0.3 is 0 Å². The summed E-state index contributed by atoms with van der Waals surface area (Å²) < 4.78 is 0. The third-order valence-electron chi connectivity index (χ3n) is 2.87. The van der Waals surface area contributed by atoms with Gasteiger partial charge in [0.15, 0.2) is 0 Å². The third-order valence-corrected chi connectivity index (χ3v) is 2.87. The van der Waals surface area contributed by atoms with E-state index in [4.69, 9.17) is 0 Å². The van der Waals surface area contributed by atoms with Crippen LogP contribution in [0.25, 0.3) is 0 Å². The summed E-state index contributed by atoms with van der Waals surface area (Å²) in [5.41, 5.74) is 2.43. The van der Waals surface area contributed by atoms with Crippen LogP contribution in [-0.2, 0) is 17.6 Å². The minimum atomic E-state index is 0.0934. The molecule has 0 aliphatic carbocycles. The fraction of sp³-hybridized carbons (Fsp3) is 0.500. The zero-order valence-corrected chi connectivity index (χ0v) is 10.4. The van der Waals surface area contributed by atoms with Crippen LogP contribution in [0.5, 0.6) is 0 Å². The van der Waals surface area contributed by atoms with Gasteiger partial charge in [0.05, 0.1) is 0 Å². The fourth-order valence-electron chi connectivity index (χ4n) is 1.69. The molecule has 88 valence electrons. The number of nitrogens with one attached hydrogen (secondary N) is 1. The molecule has 1 atom stereocenters. The highest BCUT2D eigenvalue weighted by molar-refractivity contribution is 5.83. The molecule has 2 nitrogen and oxygen atoms in total. The predicted molar refractivity (Wildman–Crippen MR) is 67.6 cm³/mol. The highest BCUT2D eigenvalue weighted by Crippen LogP contribution is 2.08. The molecule has 0 aliphatic rings. The van der Waals surface area contributed by atoms with Crippen molar-refractivity contribution in [3.8, 4) is 0 Å². The standard InChI is InChI=1S/C14H21NO/c1-4-12-5-7-13(8-6-12)9-14(16)11(2)10-15-3/h5-8,11,15H,4,9-10H2,1-3H3. The van der Waals surface area contributed by atoms with Crippen LogP contribution in [-0.4, -0.2) is 19.4 Å². The molecule has 1 rings (SSSR count). The molecule has 1 unspecified atom stereocenters. The van der Waals surface area contributed by atoms with Crippen molar-refractivity contribution in [2.45, 2.75) is 26.7 Å². The Balaban J connectivity index is 2.55. The van der Waals surface area contributed by atoms with Gasteiger partial charge in [0.1, 0.15) is 5.78 Å². The van der Waals surface area contributed by atoms with Crippen LogP contribution in [0.3, 0.4) is 0 Å². The second-order valence-electron chi connectivity index (χ2n) is 4.27. The van der Waals surface area contributed by atoms with Gasteiger partial charge in [-0.2, -0.15) is 0 Å². The summed E-state index contributed by atoms with van der Waals surface area (Å²) in [7, 11) is 1.87. The lowest BCUT2D eigenvalue weighted by atomic mass is 9.98. The maximum atomic E-state index is 11.8. The van der Waals surface area contributed by atoms with Crippen LogP contribution >= 0.6 is 0 Å². The average Bonchev–Trinajstić information content (AvgIpc) is 2.30. The number of hydrogen-bond acceptors (Lipinski definition) is 2. The van der Waals surface area contributed by atoms with Crippen LogP contribution < -0.4 is 5.32 Å². The van der Waals surface area contributed by atoms with E-state index in [2.05, 4.69) is 36.5 Å². The van der Waals surface area contributed by atoms with E-state index < -0.39 is 0 Å². The van der Waals surface area contributed by atoms with Gasteiger partial charge in [-0.25, -0.2) is 0 Å². The van der Waals surface area contributed by atoms with Crippen LogP contribution in [0.4, 0.5) is 0 Å². The number of carbonyl (C=O) groups excluding carboxylic acids is 1. The van der Waals surface area contributed by atoms with Gasteiger partial charge in [-0.15, -0.1) is 0 Å². The molecular formula is C14H21NO. The predicted octanol–water partition coefficient (Wildman–Crippen LogP) is 2.22. The molecule has 0 fully saturated rings. The normalized spacial score (nSPS) is 12.4. The van der Waals surface area contributed by atoms with Crippen LogP contribution in [0.15, 0.2) is 24.3 Å². The molecule has 1 aromatic rings. The van der Waals surface area contributed by atoms with Gasteiger partial charge in [0.2, 0.25) is 0 Å². The van der Waals surface area contributed by atoms with Crippen molar-refractivity contribution in [3.63, 3.8) is 0 Å². The summed E-state index contributed by atoms with van der Waals surface area (Å²) >= 11 is 0. The topological polar surface area (TPSA) is 29.1 Å². The van der Waals surface area contributed by atoms with Gasteiger partial charge in [0.25, 0.3) is 0 Å². The Bertz CT molecular complexity index is 329. The minimum absolute atomic E-state index is 0.0934. The quantitative estimate of drug-likeness (QED) is 0.795. The Morgan fingerprint density at radius 2 is 1.81 bits per heavy atom. The molecule has 0 bridgehead atoms. The molecule has 0 radical (unpaired) electrons. The van der Waals surface area contributed by atoms with E-state index in [-0.39, 0.29) is 5.92 Å². The average molecular weight is 219 g/mol. The van der Waals surface area contributed by atoms with Crippen LogP contribution in [0, 0.1) is 5.92 Å². The molecule has 16 heavy (non-hydrogen) atoms. The highest BCUT2D eigenvalue weighted by atomic mass is 16.1. The molecule has 2 heteroatoms. The third kappa shape index (κ3) is 3.78. The van der Waals surface area contributed by atoms with E-state index in [0.29, 0.717) is 12.2 Å². The lowest BCUT2D eigenvalue weighted by Gasteiger charge is -2.09. The Kier molecular flexibility index (Phi) is 5.20. The Hall–Kier alpha value is -1.15. The van der Waals surface area contributed by atoms with Crippen molar-refractivity contribution in [1.29, 1.82) is 0 Å². The minimum Gasteiger partial charge on any atom is -0.319 e. The number of benzene rings is 1. The summed E-state index contributed by atoms with van der Waals surface area (Å²) in [6.07, 6.45) is 1.59. The van der Waals surface area contributed by atoms with Gasteiger partial charge in [-0.1, -0.05) is 38.1 Å². The lowest BCUT2D eigenvalue weighted by Crippen LogP contribution is -2.24. The van der Waals surface area contributed by atoms with E-state index >= 15 is 0 Å². The van der Waals surface area contributed by atoms with Crippen molar-refractivity contribution in [2.75, 3.05) is 13.6 Å². The summed E-state index contributed by atoms with van der Waals surface area (Å²) in [6, 6.07) is 8.32. The Morgan fingerprint density at radius 1 is 1.25 bits per heavy atom. The molecule has 0 amide bonds. The van der Waals surface area contributed by atoms with E-state index in [1.165, 1.54) is 5.56 Å². The summed E-state index contributed by atoms with van der Waals surface area (Å²) in [4.78, 5) is 11.8. The van der Waals surface area contributed by atoms with E-state index in [0.717, 1.165) is 18.5 Å². The van der Waals surface area contributed by atoms with E-state index in [1.807, 2.05) is 14.0 Å². The number of carbonyl (C=O) groups is 1. The SMILES string of the molecule is CCc1ccc(CC(=O)C(C)CNC)cc1. The molecule has 1 N–H and O–H groups in total. The molecule has 0 spiro atoms.